The number of likely N-dealkylation sites (tertiary alicyclic amines) is 1. The predicted octanol–water partition coefficient (Wildman–Crippen LogP) is 3.35. The van der Waals surface area contributed by atoms with Gasteiger partial charge in [-0.1, -0.05) is 23.7 Å². The number of nitrogens with one attached hydrogen (secondary N) is 2. The van der Waals surface area contributed by atoms with Crippen molar-refractivity contribution in [3.63, 3.8) is 0 Å². The first-order chi connectivity index (χ1) is 18.5. The van der Waals surface area contributed by atoms with Crippen LogP contribution in [0.5, 0.6) is 0 Å². The van der Waals surface area contributed by atoms with E-state index in [1.54, 1.807) is 22.8 Å². The molecule has 156 valence electrons. The van der Waals surface area contributed by atoms with Crippen molar-refractivity contribution in [1.29, 1.82) is 0 Å². The lowest BCUT2D eigenvalue weighted by atomic mass is 10.0. The van der Waals surface area contributed by atoms with Crippen LogP contribution in [-0.2, 0) is 6.50 Å². The van der Waals surface area contributed by atoms with E-state index in [0.717, 1.165) is 4.90 Å². The molecule has 0 saturated carbocycles. The third kappa shape index (κ3) is 3.48. The molecule has 5 rings (SSSR count). The highest BCUT2D eigenvalue weighted by atomic mass is 35.5. The summed E-state index contributed by atoms with van der Waals surface area (Å²) in [6.07, 6.45) is -2.90. The van der Waals surface area contributed by atoms with Gasteiger partial charge in [0.15, 0.2) is 0 Å². The Balaban J connectivity index is 1.48. The Hall–Kier alpha value is -2.77. The van der Waals surface area contributed by atoms with Gasteiger partial charge in [0.05, 0.1) is 27.5 Å². The van der Waals surface area contributed by atoms with E-state index < -0.39 is 60.3 Å². The molecule has 1 aliphatic heterocycles. The second-order valence-electron chi connectivity index (χ2n) is 7.02. The monoisotopic (exact) mass is 435 g/mol. The van der Waals surface area contributed by atoms with Gasteiger partial charge in [0.25, 0.3) is 0 Å². The number of aryl methyl sites for hydroxylation is 1. The zero-order valence-corrected chi connectivity index (χ0v) is 16.4. The predicted molar refractivity (Wildman–Crippen MR) is 119 cm³/mol. The number of H-pyrrole nitrogens is 2. The van der Waals surface area contributed by atoms with Gasteiger partial charge in [0.2, 0.25) is 0 Å². The summed E-state index contributed by atoms with van der Waals surface area (Å²) in [5.41, 5.74) is -1.47. The Kier molecular flexibility index (Phi) is 2.87. The molecule has 4 aromatic rings. The van der Waals surface area contributed by atoms with E-state index >= 15 is 0 Å². The van der Waals surface area contributed by atoms with Crippen LogP contribution in [0.1, 0.15) is 39.0 Å². The van der Waals surface area contributed by atoms with Crippen molar-refractivity contribution < 1.29 is 13.7 Å². The molecule has 0 radical (unpaired) electrons. The van der Waals surface area contributed by atoms with E-state index in [1.807, 2.05) is 0 Å². The molecule has 7 nitrogen and oxygen atoms in total. The van der Waals surface area contributed by atoms with Crippen LogP contribution in [0, 0.1) is 0 Å². The number of halogens is 1. The maximum Gasteiger partial charge on any atom is 0.326 e. The third-order valence-corrected chi connectivity index (χ3v) is 5.45. The minimum absolute atomic E-state index is 0.0393. The number of para-hydroxylation sites is 2. The van der Waals surface area contributed by atoms with Crippen molar-refractivity contribution in [3.05, 3.63) is 68.4 Å². The molecule has 1 fully saturated rings. The molecule has 0 unspecified atom stereocenters. The summed E-state index contributed by atoms with van der Waals surface area (Å²) in [4.78, 5) is 31.5. The number of fused-ring (bicyclic) bond motifs is 2. The Morgan fingerprint density at radius 3 is 2.63 bits per heavy atom. The molecule has 1 saturated heterocycles. The maximum atomic E-state index is 12.8. The topological polar surface area (TPSA) is 78.8 Å². The molecule has 2 aromatic carbocycles. The van der Waals surface area contributed by atoms with Gasteiger partial charge in [0.1, 0.15) is 0 Å². The molecule has 0 bridgehead atoms. The summed E-state index contributed by atoms with van der Waals surface area (Å²) in [6, 6.07) is 1.80. The summed E-state index contributed by atoms with van der Waals surface area (Å²) in [7, 11) is 0. The Morgan fingerprint density at radius 1 is 1.03 bits per heavy atom. The van der Waals surface area contributed by atoms with Crippen molar-refractivity contribution in [2.75, 3.05) is 19.6 Å². The van der Waals surface area contributed by atoms with Crippen LogP contribution in [0.15, 0.2) is 52.0 Å². The van der Waals surface area contributed by atoms with Crippen LogP contribution in [0.2, 0.25) is 5.02 Å². The molecule has 0 atom stereocenters. The van der Waals surface area contributed by atoms with Gasteiger partial charge in [-0.25, -0.2) is 9.59 Å². The summed E-state index contributed by atoms with van der Waals surface area (Å²) in [5.74, 6) is 0. The smallest absolute Gasteiger partial charge is 0.306 e. The minimum atomic E-state index is -3.39. The van der Waals surface area contributed by atoms with Crippen molar-refractivity contribution >= 4 is 33.7 Å². The van der Waals surface area contributed by atoms with Crippen LogP contribution in [0.25, 0.3) is 22.1 Å². The Labute approximate surface area is 191 Å². The number of rotatable bonds is 5. The van der Waals surface area contributed by atoms with E-state index in [2.05, 4.69) is 9.97 Å². The number of hydrogen-bond acceptors (Lipinski definition) is 3. The largest absolute Gasteiger partial charge is 0.326 e. The molecule has 0 aliphatic carbocycles. The first-order valence-corrected chi connectivity index (χ1v) is 9.76. The number of piperidine rings is 1. The van der Waals surface area contributed by atoms with Gasteiger partial charge >= 0.3 is 11.4 Å². The zero-order valence-electron chi connectivity index (χ0n) is 25.7. The van der Waals surface area contributed by atoms with Gasteiger partial charge in [0, 0.05) is 38.9 Å². The van der Waals surface area contributed by atoms with Crippen molar-refractivity contribution in [3.8, 4) is 0 Å². The van der Waals surface area contributed by atoms with Crippen LogP contribution in [0.4, 0.5) is 0 Å². The van der Waals surface area contributed by atoms with Gasteiger partial charge in [-0.2, -0.15) is 0 Å². The average molecular weight is 436 g/mol. The fourth-order valence-electron chi connectivity index (χ4n) is 3.80. The minimum Gasteiger partial charge on any atom is -0.306 e. The quantitative estimate of drug-likeness (QED) is 0.504. The molecule has 2 aromatic heterocycles. The lowest BCUT2D eigenvalue weighted by Gasteiger charge is -2.32. The van der Waals surface area contributed by atoms with Crippen molar-refractivity contribution in [2.24, 2.45) is 0 Å². The fraction of sp³-hybridized carbons (Fsp3) is 0.364. The number of nitrogens with zero attached hydrogens (tertiary/aromatic N) is 3. The molecule has 30 heavy (non-hydrogen) atoms. The van der Waals surface area contributed by atoms with E-state index in [0.29, 0.717) is 16.1 Å². The summed E-state index contributed by atoms with van der Waals surface area (Å²) in [5, 5.41) is 0.449. The zero-order chi connectivity index (χ0) is 29.5. The standard InChI is InChI=1S/C22H24ClN5O2/c23-15-6-7-20-18(14-15)25-22(30)28(20)16-8-12-26(13-9-16)10-3-11-27-19-5-2-1-4-17(19)24-21(27)29/h1-2,4-7,14,16H,3,8-13H2,(H,24,29)(H,25,30)/i1D,2D,3D2,4D,5D,10D2,11D2. The maximum absolute atomic E-state index is 12.8. The summed E-state index contributed by atoms with van der Waals surface area (Å²) >= 11 is 6.02. The van der Waals surface area contributed by atoms with Crippen LogP contribution < -0.4 is 11.4 Å². The lowest BCUT2D eigenvalue weighted by molar-refractivity contribution is 0.183. The number of benzene rings is 2. The Bertz CT molecular complexity index is 1770. The molecule has 8 heteroatoms. The van der Waals surface area contributed by atoms with Crippen LogP contribution in [0.3, 0.4) is 0 Å². The highest BCUT2D eigenvalue weighted by Crippen LogP contribution is 2.26. The number of hydrogen-bond donors (Lipinski definition) is 2. The lowest BCUT2D eigenvalue weighted by Crippen LogP contribution is -2.37. The number of aromatic amines is 2. The summed E-state index contributed by atoms with van der Waals surface area (Å²) in [6.45, 7) is -6.45. The van der Waals surface area contributed by atoms with E-state index in [-0.39, 0.29) is 42.2 Å². The highest BCUT2D eigenvalue weighted by molar-refractivity contribution is 6.31. The molecule has 1 aliphatic rings. The van der Waals surface area contributed by atoms with Crippen LogP contribution in [-0.4, -0.2) is 43.6 Å². The molecular formula is C22H24ClN5O2. The number of imidazole rings is 2. The second-order valence-corrected chi connectivity index (χ2v) is 7.45. The SMILES string of the molecule is [2H]c1c([2H])c([2H])c2c([nH]c(=O)n2C([2H])([2H])C([2H])([2H])C([2H])([2H])N2CCC(n3c(=O)[nH]c4cc(Cl)ccc43)CC2)c1[2H]. The van der Waals surface area contributed by atoms with E-state index in [9.17, 15) is 9.59 Å². The third-order valence-electron chi connectivity index (χ3n) is 5.22. The Morgan fingerprint density at radius 2 is 1.80 bits per heavy atom. The summed E-state index contributed by atoms with van der Waals surface area (Å²) < 4.78 is 85.6. The molecule has 3 heterocycles. The first kappa shape index (κ1) is 11.0. The molecular weight excluding hydrogens is 402 g/mol. The molecule has 0 spiro atoms. The van der Waals surface area contributed by atoms with Gasteiger partial charge in [-0.3, -0.25) is 9.13 Å². The average Bonchev–Trinajstić information content (AvgIpc) is 3.41. The van der Waals surface area contributed by atoms with Crippen molar-refractivity contribution in [1.82, 2.24) is 24.0 Å². The highest BCUT2D eigenvalue weighted by Gasteiger charge is 2.23. The second kappa shape index (κ2) is 7.81. The van der Waals surface area contributed by atoms with Gasteiger partial charge in [-0.05, 0) is 56.0 Å². The molecule has 0 amide bonds. The van der Waals surface area contributed by atoms with E-state index in [4.69, 9.17) is 25.3 Å². The van der Waals surface area contributed by atoms with Crippen molar-refractivity contribution in [2.45, 2.75) is 31.8 Å². The van der Waals surface area contributed by atoms with Gasteiger partial charge < -0.3 is 14.9 Å². The first-order valence-electron chi connectivity index (χ1n) is 14.4. The van der Waals surface area contributed by atoms with Gasteiger partial charge in [-0.15, -0.1) is 0 Å². The number of aromatic nitrogens is 4. The van der Waals surface area contributed by atoms with Crippen LogP contribution >= 0.6 is 11.6 Å². The normalized spacial score (nSPS) is 22.3. The molecule has 2 N–H and O–H groups in total. The fourth-order valence-corrected chi connectivity index (χ4v) is 3.97. The van der Waals surface area contributed by atoms with E-state index in [1.165, 1.54) is 0 Å².